The van der Waals surface area contributed by atoms with E-state index in [-0.39, 0.29) is 6.04 Å². The van der Waals surface area contributed by atoms with Gasteiger partial charge in [-0.2, -0.15) is 5.10 Å². The Balaban J connectivity index is 1.78. The molecule has 0 aliphatic carbocycles. The average molecular weight is 411 g/mol. The molecule has 0 unspecified atom stereocenters. The van der Waals surface area contributed by atoms with Gasteiger partial charge in [0.05, 0.1) is 26.9 Å². The largest absolute Gasteiger partial charge is 0.493 e. The van der Waals surface area contributed by atoms with Gasteiger partial charge in [-0.3, -0.25) is 4.90 Å². The maximum atomic E-state index is 5.60. The van der Waals surface area contributed by atoms with E-state index in [9.17, 15) is 0 Å². The van der Waals surface area contributed by atoms with Gasteiger partial charge < -0.3 is 14.0 Å². The summed E-state index contributed by atoms with van der Waals surface area (Å²) >= 11 is 5.60. The van der Waals surface area contributed by atoms with Crippen molar-refractivity contribution in [2.45, 2.75) is 32.6 Å². The molecule has 1 aromatic heterocycles. The molecule has 0 spiro atoms. The van der Waals surface area contributed by atoms with Crippen LogP contribution < -0.4 is 9.47 Å². The summed E-state index contributed by atoms with van der Waals surface area (Å²) in [6, 6.07) is 14.9. The van der Waals surface area contributed by atoms with E-state index >= 15 is 0 Å². The molecule has 0 saturated heterocycles. The fraction of sp³-hybridized carbons (Fsp3) is 0.364. The molecule has 0 N–H and O–H groups in total. The van der Waals surface area contributed by atoms with Gasteiger partial charge in [0, 0.05) is 13.1 Å². The van der Waals surface area contributed by atoms with Crippen molar-refractivity contribution in [1.82, 2.24) is 19.2 Å². The predicted octanol–water partition coefficient (Wildman–Crippen LogP) is 4.06. The predicted molar refractivity (Wildman–Crippen MR) is 115 cm³/mol. The first-order valence-electron chi connectivity index (χ1n) is 9.82. The highest BCUT2D eigenvalue weighted by molar-refractivity contribution is 7.71. The highest BCUT2D eigenvalue weighted by atomic mass is 32.1. The Morgan fingerprint density at radius 1 is 1.10 bits per heavy atom. The number of hydrogen-bond donors (Lipinski definition) is 0. The van der Waals surface area contributed by atoms with Gasteiger partial charge in [-0.1, -0.05) is 30.3 Å². The molecule has 2 aromatic carbocycles. The average Bonchev–Trinajstić information content (AvgIpc) is 3.12. The molecule has 29 heavy (non-hydrogen) atoms. The molecule has 152 valence electrons. The van der Waals surface area contributed by atoms with Crippen LogP contribution in [0.15, 0.2) is 48.8 Å². The minimum Gasteiger partial charge on any atom is -0.493 e. The lowest BCUT2D eigenvalue weighted by atomic mass is 9.88. The summed E-state index contributed by atoms with van der Waals surface area (Å²) in [5.74, 6) is 1.52. The summed E-state index contributed by atoms with van der Waals surface area (Å²) in [5.41, 5.74) is 3.76. The van der Waals surface area contributed by atoms with Crippen molar-refractivity contribution >= 4 is 12.2 Å². The molecule has 0 fully saturated rings. The van der Waals surface area contributed by atoms with Crippen molar-refractivity contribution in [3.05, 3.63) is 70.3 Å². The minimum atomic E-state index is 0.0911. The van der Waals surface area contributed by atoms with E-state index in [2.05, 4.69) is 53.3 Å². The summed E-state index contributed by atoms with van der Waals surface area (Å²) in [6.45, 7) is 4.44. The van der Waals surface area contributed by atoms with Crippen LogP contribution in [-0.2, 0) is 19.6 Å². The number of rotatable bonds is 6. The Morgan fingerprint density at radius 3 is 2.48 bits per heavy atom. The fourth-order valence-electron chi connectivity index (χ4n) is 4.03. The van der Waals surface area contributed by atoms with Crippen molar-refractivity contribution in [2.24, 2.45) is 0 Å². The molecule has 0 bridgehead atoms. The summed E-state index contributed by atoms with van der Waals surface area (Å²) in [4.78, 5) is 2.42. The molecule has 7 heteroatoms. The second-order valence-electron chi connectivity index (χ2n) is 7.12. The number of ether oxygens (including phenoxy) is 2. The van der Waals surface area contributed by atoms with E-state index in [1.54, 1.807) is 14.2 Å². The molecule has 1 aliphatic rings. The Hall–Kier alpha value is -2.64. The minimum absolute atomic E-state index is 0.0911. The highest BCUT2D eigenvalue weighted by Gasteiger charge is 2.30. The van der Waals surface area contributed by atoms with Crippen LogP contribution in [0.3, 0.4) is 0 Å². The van der Waals surface area contributed by atoms with E-state index in [0.29, 0.717) is 6.67 Å². The third kappa shape index (κ3) is 3.68. The first-order valence-corrected chi connectivity index (χ1v) is 10.2. The summed E-state index contributed by atoms with van der Waals surface area (Å²) in [5, 5.41) is 4.51. The van der Waals surface area contributed by atoms with Crippen LogP contribution in [0.2, 0.25) is 0 Å². The summed E-state index contributed by atoms with van der Waals surface area (Å²) < 4.78 is 15.8. The quantitative estimate of drug-likeness (QED) is 0.574. The maximum absolute atomic E-state index is 5.60. The molecule has 2 heterocycles. The number of aryl methyl sites for hydroxylation is 1. The van der Waals surface area contributed by atoms with Crippen molar-refractivity contribution < 1.29 is 9.47 Å². The van der Waals surface area contributed by atoms with Gasteiger partial charge in [0.25, 0.3) is 0 Å². The smallest absolute Gasteiger partial charge is 0.198 e. The lowest BCUT2D eigenvalue weighted by Gasteiger charge is -2.37. The lowest BCUT2D eigenvalue weighted by molar-refractivity contribution is 0.154. The molecule has 4 rings (SSSR count). The Kier molecular flexibility index (Phi) is 5.69. The fourth-order valence-corrected chi connectivity index (χ4v) is 4.31. The van der Waals surface area contributed by atoms with Crippen molar-refractivity contribution in [3.63, 3.8) is 0 Å². The first kappa shape index (κ1) is 19.7. The Morgan fingerprint density at radius 2 is 1.83 bits per heavy atom. The third-order valence-corrected chi connectivity index (χ3v) is 5.99. The maximum Gasteiger partial charge on any atom is 0.198 e. The molecule has 0 radical (unpaired) electrons. The molecular weight excluding hydrogens is 384 g/mol. The second-order valence-corrected chi connectivity index (χ2v) is 7.49. The number of fused-ring (bicyclic) bond motifs is 1. The van der Waals surface area contributed by atoms with Crippen molar-refractivity contribution in [3.8, 4) is 11.5 Å². The van der Waals surface area contributed by atoms with Crippen LogP contribution in [-0.4, -0.2) is 40.0 Å². The van der Waals surface area contributed by atoms with Crippen LogP contribution in [0, 0.1) is 4.77 Å². The van der Waals surface area contributed by atoms with Gasteiger partial charge in [0.1, 0.15) is 6.33 Å². The van der Waals surface area contributed by atoms with Gasteiger partial charge in [0.2, 0.25) is 0 Å². The van der Waals surface area contributed by atoms with Crippen molar-refractivity contribution in [1.29, 1.82) is 0 Å². The van der Waals surface area contributed by atoms with Crippen LogP contribution >= 0.6 is 12.2 Å². The molecule has 0 saturated carbocycles. The van der Waals surface area contributed by atoms with Crippen LogP contribution in [0.1, 0.15) is 29.7 Å². The molecule has 3 aromatic rings. The normalized spacial score (nSPS) is 16.4. The topological polar surface area (TPSA) is 44.5 Å². The zero-order valence-electron chi connectivity index (χ0n) is 17.0. The zero-order chi connectivity index (χ0) is 20.4. The van der Waals surface area contributed by atoms with E-state index in [1.165, 1.54) is 16.7 Å². The number of benzene rings is 2. The SMILES string of the molecule is CCn1cnn(CN2CCc3cc(OC)c(OC)cc3[C@H]2c2ccccc2)c1=S. The highest BCUT2D eigenvalue weighted by Crippen LogP contribution is 2.41. The monoisotopic (exact) mass is 410 g/mol. The zero-order valence-corrected chi connectivity index (χ0v) is 17.9. The third-order valence-electron chi connectivity index (χ3n) is 5.54. The number of nitrogens with zero attached hydrogens (tertiary/aromatic N) is 4. The molecule has 1 aliphatic heterocycles. The number of hydrogen-bond acceptors (Lipinski definition) is 5. The first-order chi connectivity index (χ1) is 14.2. The summed E-state index contributed by atoms with van der Waals surface area (Å²) in [7, 11) is 3.36. The standard InChI is InChI=1S/C22H26N4O2S/c1-4-24-14-23-26(22(24)29)15-25-11-10-17-12-19(27-2)20(28-3)13-18(17)21(25)16-8-6-5-7-9-16/h5-9,12-14,21H,4,10-11,15H2,1-3H3/t21-/m1/s1. The van der Waals surface area contributed by atoms with Crippen LogP contribution in [0.25, 0.3) is 0 Å². The summed E-state index contributed by atoms with van der Waals surface area (Å²) in [6.07, 6.45) is 2.74. The Labute approximate surface area is 176 Å². The van der Waals surface area contributed by atoms with Gasteiger partial charge in [-0.05, 0) is 54.4 Å². The second kappa shape index (κ2) is 8.39. The number of aromatic nitrogens is 3. The lowest BCUT2D eigenvalue weighted by Crippen LogP contribution is -2.37. The van der Waals surface area contributed by atoms with Crippen LogP contribution in [0.5, 0.6) is 11.5 Å². The van der Waals surface area contributed by atoms with E-state index < -0.39 is 0 Å². The van der Waals surface area contributed by atoms with E-state index in [0.717, 1.165) is 35.8 Å². The molecule has 6 nitrogen and oxygen atoms in total. The number of methoxy groups -OCH3 is 2. The van der Waals surface area contributed by atoms with Crippen LogP contribution in [0.4, 0.5) is 0 Å². The Bertz CT molecular complexity index is 1040. The van der Waals surface area contributed by atoms with E-state index in [4.69, 9.17) is 21.7 Å². The molecule has 1 atom stereocenters. The van der Waals surface area contributed by atoms with Gasteiger partial charge in [-0.25, -0.2) is 4.68 Å². The van der Waals surface area contributed by atoms with Crippen molar-refractivity contribution in [2.75, 3.05) is 20.8 Å². The van der Waals surface area contributed by atoms with Gasteiger partial charge >= 0.3 is 0 Å². The molecule has 0 amide bonds. The van der Waals surface area contributed by atoms with Gasteiger partial charge in [-0.15, -0.1) is 0 Å². The van der Waals surface area contributed by atoms with Gasteiger partial charge in [0.15, 0.2) is 16.3 Å². The molecular formula is C22H26N4O2S. The van der Waals surface area contributed by atoms with E-state index in [1.807, 2.05) is 21.6 Å².